The molecule has 0 aliphatic rings. The Hall–Kier alpha value is 0.660. The summed E-state index contributed by atoms with van der Waals surface area (Å²) >= 11 is 0. The van der Waals surface area contributed by atoms with Crippen molar-refractivity contribution in [2.45, 2.75) is 116 Å². The minimum absolute atomic E-state index is 0.340. The van der Waals surface area contributed by atoms with Crippen molar-refractivity contribution < 1.29 is 5.11 Å². The van der Waals surface area contributed by atoms with Gasteiger partial charge in [-0.25, -0.2) is 0 Å². The lowest BCUT2D eigenvalue weighted by molar-refractivity contribution is 0.296. The molecule has 0 saturated carbocycles. The number of rotatable bonds is 21. The Labute approximate surface area is 160 Å². The molecular formula is C21H44OS2. The van der Waals surface area contributed by atoms with E-state index in [9.17, 15) is 0 Å². The molecular weight excluding hydrogens is 332 g/mol. The molecule has 3 heteroatoms. The summed E-state index contributed by atoms with van der Waals surface area (Å²) < 4.78 is 0. The average molecular weight is 377 g/mol. The zero-order valence-electron chi connectivity index (χ0n) is 16.4. The van der Waals surface area contributed by atoms with Crippen LogP contribution in [0.3, 0.4) is 0 Å². The van der Waals surface area contributed by atoms with Crippen LogP contribution in [0.15, 0.2) is 0 Å². The molecule has 0 atom stereocenters. The first-order valence-electron chi connectivity index (χ1n) is 10.8. The van der Waals surface area contributed by atoms with Gasteiger partial charge in [-0.15, -0.1) is 0 Å². The lowest BCUT2D eigenvalue weighted by Gasteiger charge is -2.03. The summed E-state index contributed by atoms with van der Waals surface area (Å²) in [5.41, 5.74) is 0. The summed E-state index contributed by atoms with van der Waals surface area (Å²) in [4.78, 5) is 0. The molecule has 1 nitrogen and oxygen atoms in total. The molecule has 0 heterocycles. The van der Waals surface area contributed by atoms with Crippen LogP contribution in [0.5, 0.6) is 0 Å². The zero-order valence-corrected chi connectivity index (χ0v) is 18.0. The zero-order chi connectivity index (χ0) is 17.6. The van der Waals surface area contributed by atoms with Gasteiger partial charge in [0.25, 0.3) is 0 Å². The van der Waals surface area contributed by atoms with Crippen LogP contribution in [-0.2, 0) is 0 Å². The van der Waals surface area contributed by atoms with Crippen LogP contribution in [-0.4, -0.2) is 23.2 Å². The van der Waals surface area contributed by atoms with Crippen LogP contribution in [0.2, 0.25) is 0 Å². The predicted molar refractivity (Wildman–Crippen MR) is 116 cm³/mol. The summed E-state index contributed by atoms with van der Waals surface area (Å²) in [6.07, 6.45) is 24.0. The van der Waals surface area contributed by atoms with Crippen molar-refractivity contribution in [2.75, 3.05) is 18.1 Å². The van der Waals surface area contributed by atoms with E-state index in [1.807, 2.05) is 21.6 Å². The van der Waals surface area contributed by atoms with Crippen molar-refractivity contribution in [2.24, 2.45) is 0 Å². The number of aliphatic hydroxyl groups is 1. The number of unbranched alkanes of at least 4 members (excludes halogenated alkanes) is 15. The quantitative estimate of drug-likeness (QED) is 0.162. The molecule has 0 radical (unpaired) electrons. The summed E-state index contributed by atoms with van der Waals surface area (Å²) in [7, 11) is 3.91. The molecule has 0 bridgehead atoms. The second-order valence-electron chi connectivity index (χ2n) is 7.02. The molecule has 0 aliphatic carbocycles. The topological polar surface area (TPSA) is 20.2 Å². The van der Waals surface area contributed by atoms with Crippen LogP contribution in [0.1, 0.15) is 116 Å². The van der Waals surface area contributed by atoms with Crippen molar-refractivity contribution in [3.8, 4) is 0 Å². The third-order valence-electron chi connectivity index (χ3n) is 4.55. The van der Waals surface area contributed by atoms with E-state index in [-0.39, 0.29) is 0 Å². The second-order valence-corrected chi connectivity index (χ2v) is 9.73. The third-order valence-corrected chi connectivity index (χ3v) is 7.13. The molecule has 0 aromatic carbocycles. The normalized spacial score (nSPS) is 11.2. The highest BCUT2D eigenvalue weighted by molar-refractivity contribution is 8.76. The fraction of sp³-hybridized carbons (Fsp3) is 1.00. The van der Waals surface area contributed by atoms with Gasteiger partial charge in [0.05, 0.1) is 0 Å². The van der Waals surface area contributed by atoms with E-state index >= 15 is 0 Å². The summed E-state index contributed by atoms with van der Waals surface area (Å²) in [6.45, 7) is 2.63. The summed E-state index contributed by atoms with van der Waals surface area (Å²) in [5.74, 6) is 2.38. The summed E-state index contributed by atoms with van der Waals surface area (Å²) in [5, 5.41) is 8.70. The largest absolute Gasteiger partial charge is 0.396 e. The highest BCUT2D eigenvalue weighted by Gasteiger charge is 1.95. The maximum atomic E-state index is 8.70. The monoisotopic (exact) mass is 376 g/mol. The van der Waals surface area contributed by atoms with E-state index in [1.54, 1.807) is 0 Å². The van der Waals surface area contributed by atoms with Gasteiger partial charge in [0.2, 0.25) is 0 Å². The van der Waals surface area contributed by atoms with Gasteiger partial charge in [-0.05, 0) is 12.8 Å². The number of hydrogen-bond acceptors (Lipinski definition) is 3. The Bertz CT molecular complexity index is 190. The Morgan fingerprint density at radius 1 is 0.458 bits per heavy atom. The van der Waals surface area contributed by atoms with Crippen molar-refractivity contribution in [1.29, 1.82) is 0 Å². The molecule has 0 aromatic rings. The SMILES string of the molecule is CCCCCCCCCCCCCCCCCCSSCCCO. The van der Waals surface area contributed by atoms with E-state index in [4.69, 9.17) is 5.11 Å². The number of hydrogen-bond donors (Lipinski definition) is 1. The van der Waals surface area contributed by atoms with Crippen LogP contribution in [0.4, 0.5) is 0 Å². The molecule has 0 unspecified atom stereocenters. The van der Waals surface area contributed by atoms with Crippen LogP contribution in [0, 0.1) is 0 Å². The molecule has 0 aliphatic heterocycles. The van der Waals surface area contributed by atoms with E-state index < -0.39 is 0 Å². The molecule has 0 rings (SSSR count). The van der Waals surface area contributed by atoms with Crippen molar-refractivity contribution in [1.82, 2.24) is 0 Å². The van der Waals surface area contributed by atoms with Crippen LogP contribution < -0.4 is 0 Å². The molecule has 1 N–H and O–H groups in total. The van der Waals surface area contributed by atoms with Gasteiger partial charge in [0.1, 0.15) is 0 Å². The van der Waals surface area contributed by atoms with Gasteiger partial charge < -0.3 is 5.11 Å². The maximum Gasteiger partial charge on any atom is 0.0439 e. The van der Waals surface area contributed by atoms with E-state index in [0.717, 1.165) is 12.2 Å². The standard InChI is InChI=1S/C21H44OS2/c1-2-3-4-5-6-7-8-9-10-11-12-13-14-15-16-17-20-23-24-21-18-19-22/h22H,2-21H2,1H3. The lowest BCUT2D eigenvalue weighted by Crippen LogP contribution is -1.85. The van der Waals surface area contributed by atoms with Crippen molar-refractivity contribution >= 4 is 21.6 Å². The first-order valence-corrected chi connectivity index (χ1v) is 13.3. The van der Waals surface area contributed by atoms with Gasteiger partial charge in [0.15, 0.2) is 0 Å². The Morgan fingerprint density at radius 2 is 0.792 bits per heavy atom. The Morgan fingerprint density at radius 3 is 1.17 bits per heavy atom. The fourth-order valence-corrected chi connectivity index (χ4v) is 5.17. The minimum Gasteiger partial charge on any atom is -0.396 e. The molecule has 0 amide bonds. The third kappa shape index (κ3) is 22.7. The number of aliphatic hydroxyl groups excluding tert-OH is 1. The highest BCUT2D eigenvalue weighted by atomic mass is 33.1. The minimum atomic E-state index is 0.340. The lowest BCUT2D eigenvalue weighted by atomic mass is 10.0. The Kier molecular flexibility index (Phi) is 24.3. The first kappa shape index (κ1) is 24.7. The molecule has 0 fully saturated rings. The van der Waals surface area contributed by atoms with Gasteiger partial charge in [-0.2, -0.15) is 0 Å². The van der Waals surface area contributed by atoms with Crippen LogP contribution >= 0.6 is 21.6 Å². The average Bonchev–Trinajstić information content (AvgIpc) is 2.60. The van der Waals surface area contributed by atoms with E-state index in [0.29, 0.717) is 6.61 Å². The Balaban J connectivity index is 2.93. The molecule has 0 spiro atoms. The molecule has 146 valence electrons. The second kappa shape index (κ2) is 23.7. The van der Waals surface area contributed by atoms with E-state index in [2.05, 4.69) is 6.92 Å². The maximum absolute atomic E-state index is 8.70. The van der Waals surface area contributed by atoms with Gasteiger partial charge in [-0.1, -0.05) is 125 Å². The smallest absolute Gasteiger partial charge is 0.0439 e. The van der Waals surface area contributed by atoms with Gasteiger partial charge in [-0.3, -0.25) is 0 Å². The summed E-state index contributed by atoms with van der Waals surface area (Å²) in [6, 6.07) is 0. The van der Waals surface area contributed by atoms with E-state index in [1.165, 1.54) is 108 Å². The van der Waals surface area contributed by atoms with Gasteiger partial charge >= 0.3 is 0 Å². The molecule has 0 saturated heterocycles. The first-order chi connectivity index (χ1) is 11.9. The predicted octanol–water partition coefficient (Wildman–Crippen LogP) is 8.01. The van der Waals surface area contributed by atoms with Gasteiger partial charge in [0, 0.05) is 18.1 Å². The van der Waals surface area contributed by atoms with Crippen molar-refractivity contribution in [3.63, 3.8) is 0 Å². The van der Waals surface area contributed by atoms with Crippen LogP contribution in [0.25, 0.3) is 0 Å². The molecule has 24 heavy (non-hydrogen) atoms. The van der Waals surface area contributed by atoms with Crippen molar-refractivity contribution in [3.05, 3.63) is 0 Å². The highest BCUT2D eigenvalue weighted by Crippen LogP contribution is 2.23. The fourth-order valence-electron chi connectivity index (χ4n) is 2.95. The molecule has 0 aromatic heterocycles.